The molecule has 2 N–H and O–H groups in total. The summed E-state index contributed by atoms with van der Waals surface area (Å²) < 4.78 is 5.51. The van der Waals surface area contributed by atoms with Crippen molar-refractivity contribution in [2.75, 3.05) is 30.3 Å². The Kier molecular flexibility index (Phi) is 6.24. The summed E-state index contributed by atoms with van der Waals surface area (Å²) in [6.45, 7) is 9.88. The highest BCUT2D eigenvalue weighted by Gasteiger charge is 2.32. The molecule has 6 nitrogen and oxygen atoms in total. The van der Waals surface area contributed by atoms with Crippen LogP contribution in [0.2, 0.25) is 0 Å². The molecule has 0 aliphatic carbocycles. The lowest BCUT2D eigenvalue weighted by atomic mass is 10.1. The number of nitrogen functional groups attached to an aromatic ring is 1. The summed E-state index contributed by atoms with van der Waals surface area (Å²) in [4.78, 5) is 20.4. The summed E-state index contributed by atoms with van der Waals surface area (Å²) >= 11 is 0. The molecule has 1 fully saturated rings. The Hall–Kier alpha value is -1.98. The van der Waals surface area contributed by atoms with Crippen LogP contribution in [0.1, 0.15) is 41.5 Å². The van der Waals surface area contributed by atoms with Gasteiger partial charge in [0.2, 0.25) is 0 Å². The second-order valence-corrected chi connectivity index (χ2v) is 6.62. The smallest absolute Gasteiger partial charge is 0.410 e. The number of ether oxygens (including phenoxy) is 1. The van der Waals surface area contributed by atoms with Crippen LogP contribution in [0.15, 0.2) is 18.5 Å². The Morgan fingerprint density at radius 1 is 1.43 bits per heavy atom. The molecule has 1 aliphatic rings. The van der Waals surface area contributed by atoms with Gasteiger partial charge in [-0.25, -0.2) is 4.79 Å². The molecule has 23 heavy (non-hydrogen) atoms. The van der Waals surface area contributed by atoms with Gasteiger partial charge in [-0.1, -0.05) is 14.4 Å². The van der Waals surface area contributed by atoms with E-state index in [0.29, 0.717) is 12.2 Å². The predicted molar refractivity (Wildman–Crippen MR) is 94.6 cm³/mol. The number of aromatic nitrogens is 1. The van der Waals surface area contributed by atoms with Crippen LogP contribution in [0.4, 0.5) is 16.2 Å². The minimum Gasteiger partial charge on any atom is -0.444 e. The van der Waals surface area contributed by atoms with E-state index in [1.165, 1.54) is 0 Å². The lowest BCUT2D eigenvalue weighted by Crippen LogP contribution is -2.56. The fourth-order valence-corrected chi connectivity index (χ4v) is 2.67. The number of nitrogens with two attached hydrogens (primary N) is 1. The topological polar surface area (TPSA) is 71.7 Å². The van der Waals surface area contributed by atoms with Crippen molar-refractivity contribution in [2.45, 2.75) is 53.2 Å². The van der Waals surface area contributed by atoms with Gasteiger partial charge in [0.15, 0.2) is 0 Å². The van der Waals surface area contributed by atoms with Crippen LogP contribution in [0.3, 0.4) is 0 Å². The fourth-order valence-electron chi connectivity index (χ4n) is 2.67. The number of rotatable bonds is 2. The van der Waals surface area contributed by atoms with Crippen molar-refractivity contribution in [3.05, 3.63) is 18.5 Å². The van der Waals surface area contributed by atoms with Crippen molar-refractivity contribution >= 4 is 17.5 Å². The Bertz CT molecular complexity index is 528. The first kappa shape index (κ1) is 19.1. The van der Waals surface area contributed by atoms with Gasteiger partial charge in [0.05, 0.1) is 23.6 Å². The van der Waals surface area contributed by atoms with Gasteiger partial charge in [0, 0.05) is 25.8 Å². The molecular weight excluding hydrogens is 292 g/mol. The normalized spacial score (nSPS) is 18.3. The number of nitrogens with zero attached hydrogens (tertiary/aromatic N) is 3. The van der Waals surface area contributed by atoms with Crippen molar-refractivity contribution in [1.82, 2.24) is 9.88 Å². The van der Waals surface area contributed by atoms with Crippen molar-refractivity contribution in [3.63, 3.8) is 0 Å². The van der Waals surface area contributed by atoms with E-state index in [9.17, 15) is 4.79 Å². The second kappa shape index (κ2) is 7.53. The predicted octanol–water partition coefficient (Wildman–Crippen LogP) is 3.14. The molecule has 1 aromatic rings. The highest BCUT2D eigenvalue weighted by molar-refractivity contribution is 5.70. The summed E-state index contributed by atoms with van der Waals surface area (Å²) in [5, 5.41) is 0. The standard InChI is InChI=1S/C16H26N4O2.CH4/c1-5-12-11-19(14-6-7-18-10-13(14)17)8-9-20(12)15(21)22-16(2,3)4;/h6-7,10,12H,5,8-9,11,17H2,1-4H3;1H4/t12-;/m0./s1. The highest BCUT2D eigenvalue weighted by atomic mass is 16.6. The molecule has 0 saturated carbocycles. The van der Waals surface area contributed by atoms with E-state index in [1.54, 1.807) is 12.4 Å². The molecule has 2 heterocycles. The Morgan fingerprint density at radius 3 is 2.70 bits per heavy atom. The van der Waals surface area contributed by atoms with Gasteiger partial charge in [-0.15, -0.1) is 0 Å². The number of carbonyl (C=O) groups excluding carboxylic acids is 1. The molecule has 0 aromatic carbocycles. The zero-order chi connectivity index (χ0) is 16.3. The van der Waals surface area contributed by atoms with Gasteiger partial charge in [-0.05, 0) is 33.3 Å². The highest BCUT2D eigenvalue weighted by Crippen LogP contribution is 2.26. The maximum atomic E-state index is 12.3. The van der Waals surface area contributed by atoms with Gasteiger partial charge < -0.3 is 20.3 Å². The number of pyridine rings is 1. The zero-order valence-corrected chi connectivity index (χ0v) is 13.9. The first-order chi connectivity index (χ1) is 10.3. The van der Waals surface area contributed by atoms with Crippen LogP contribution in [-0.2, 0) is 4.74 Å². The summed E-state index contributed by atoms with van der Waals surface area (Å²) in [5.74, 6) is 0. The Labute approximate surface area is 139 Å². The van der Waals surface area contributed by atoms with Gasteiger partial charge in [-0.2, -0.15) is 0 Å². The molecule has 0 radical (unpaired) electrons. The van der Waals surface area contributed by atoms with E-state index < -0.39 is 5.60 Å². The van der Waals surface area contributed by atoms with E-state index in [2.05, 4.69) is 16.8 Å². The third kappa shape index (κ3) is 4.74. The molecule has 1 amide bonds. The van der Waals surface area contributed by atoms with Gasteiger partial charge >= 0.3 is 6.09 Å². The average molecular weight is 322 g/mol. The minimum absolute atomic E-state index is 0. The molecule has 1 saturated heterocycles. The Balaban J connectivity index is 0.00000264. The zero-order valence-electron chi connectivity index (χ0n) is 13.9. The maximum absolute atomic E-state index is 12.3. The van der Waals surface area contributed by atoms with E-state index >= 15 is 0 Å². The first-order valence-electron chi connectivity index (χ1n) is 7.76. The number of carbonyl (C=O) groups is 1. The summed E-state index contributed by atoms with van der Waals surface area (Å²) in [6, 6.07) is 2.04. The molecule has 0 unspecified atom stereocenters. The van der Waals surface area contributed by atoms with E-state index in [4.69, 9.17) is 10.5 Å². The van der Waals surface area contributed by atoms with E-state index in [-0.39, 0.29) is 19.6 Å². The Morgan fingerprint density at radius 2 is 2.13 bits per heavy atom. The number of hydrogen-bond donors (Lipinski definition) is 1. The monoisotopic (exact) mass is 322 g/mol. The number of amides is 1. The SMILES string of the molecule is C.CC[C@H]1CN(c2ccncc2N)CCN1C(=O)OC(C)(C)C. The number of anilines is 2. The molecule has 1 aliphatic heterocycles. The summed E-state index contributed by atoms with van der Waals surface area (Å²) in [6.07, 6.45) is 4.05. The van der Waals surface area contributed by atoms with Crippen molar-refractivity contribution in [1.29, 1.82) is 0 Å². The largest absolute Gasteiger partial charge is 0.444 e. The van der Waals surface area contributed by atoms with Crippen LogP contribution in [0.25, 0.3) is 0 Å². The van der Waals surface area contributed by atoms with Gasteiger partial charge in [-0.3, -0.25) is 4.98 Å². The van der Waals surface area contributed by atoms with Crippen LogP contribution in [-0.4, -0.2) is 47.3 Å². The van der Waals surface area contributed by atoms with Crippen LogP contribution >= 0.6 is 0 Å². The maximum Gasteiger partial charge on any atom is 0.410 e. The minimum atomic E-state index is -0.470. The molecule has 1 atom stereocenters. The lowest BCUT2D eigenvalue weighted by molar-refractivity contribution is 0.0137. The van der Waals surface area contributed by atoms with Crippen molar-refractivity contribution in [3.8, 4) is 0 Å². The lowest BCUT2D eigenvalue weighted by Gasteiger charge is -2.42. The quantitative estimate of drug-likeness (QED) is 0.905. The summed E-state index contributed by atoms with van der Waals surface area (Å²) in [7, 11) is 0. The molecular formula is C17H30N4O2. The van der Waals surface area contributed by atoms with Crippen molar-refractivity contribution < 1.29 is 9.53 Å². The van der Waals surface area contributed by atoms with Gasteiger partial charge in [0.25, 0.3) is 0 Å². The molecule has 130 valence electrons. The second-order valence-electron chi connectivity index (χ2n) is 6.62. The average Bonchev–Trinajstić information content (AvgIpc) is 2.45. The fraction of sp³-hybridized carbons (Fsp3) is 0.647. The van der Waals surface area contributed by atoms with E-state index in [0.717, 1.165) is 25.2 Å². The third-order valence-electron chi connectivity index (χ3n) is 3.75. The molecule has 1 aromatic heterocycles. The van der Waals surface area contributed by atoms with Crippen LogP contribution in [0, 0.1) is 0 Å². The van der Waals surface area contributed by atoms with Gasteiger partial charge in [0.1, 0.15) is 5.60 Å². The summed E-state index contributed by atoms with van der Waals surface area (Å²) in [5.41, 5.74) is 7.19. The third-order valence-corrected chi connectivity index (χ3v) is 3.75. The number of hydrogen-bond acceptors (Lipinski definition) is 5. The molecule has 6 heteroatoms. The van der Waals surface area contributed by atoms with Crippen LogP contribution < -0.4 is 10.6 Å². The molecule has 0 spiro atoms. The molecule has 0 bridgehead atoms. The molecule has 2 rings (SSSR count). The van der Waals surface area contributed by atoms with E-state index in [1.807, 2.05) is 31.7 Å². The first-order valence-corrected chi connectivity index (χ1v) is 7.76. The number of piperazine rings is 1. The van der Waals surface area contributed by atoms with Crippen molar-refractivity contribution in [2.24, 2.45) is 0 Å². The van der Waals surface area contributed by atoms with Crippen LogP contribution in [0.5, 0.6) is 0 Å².